The third-order valence-corrected chi connectivity index (χ3v) is 6.37. The number of sulfone groups is 1. The molecule has 6 nitrogen and oxygen atoms in total. The molecule has 1 amide bonds. The summed E-state index contributed by atoms with van der Waals surface area (Å²) in [5.74, 6) is 0.976. The highest BCUT2D eigenvalue weighted by molar-refractivity contribution is 7.92. The van der Waals surface area contributed by atoms with Crippen LogP contribution in [0.1, 0.15) is 16.8 Å². The predicted molar refractivity (Wildman–Crippen MR) is 76.6 cm³/mol. The second-order valence-electron chi connectivity index (χ2n) is 5.40. The van der Waals surface area contributed by atoms with Crippen molar-refractivity contribution in [2.24, 2.45) is 0 Å². The normalized spacial score (nSPS) is 25.9. The van der Waals surface area contributed by atoms with Crippen molar-refractivity contribution < 1.29 is 22.7 Å². The maximum absolute atomic E-state index is 12.6. The van der Waals surface area contributed by atoms with E-state index in [1.165, 1.54) is 14.2 Å². The quantitative estimate of drug-likeness (QED) is 0.822. The smallest absolute Gasteiger partial charge is 0.254 e. The summed E-state index contributed by atoms with van der Waals surface area (Å²) in [6, 6.07) is 4.78. The molecule has 2 atom stereocenters. The molecule has 0 aliphatic carbocycles. The molecule has 2 fully saturated rings. The molecule has 0 saturated carbocycles. The lowest BCUT2D eigenvalue weighted by molar-refractivity contribution is 0.0745. The van der Waals surface area contributed by atoms with Crippen LogP contribution in [0.25, 0.3) is 0 Å². The third-order valence-electron chi connectivity index (χ3n) is 4.17. The van der Waals surface area contributed by atoms with Gasteiger partial charge in [-0.1, -0.05) is 0 Å². The molecule has 2 saturated heterocycles. The van der Waals surface area contributed by atoms with Crippen LogP contribution in [0.15, 0.2) is 18.2 Å². The highest BCUT2D eigenvalue weighted by Gasteiger charge is 2.50. The fourth-order valence-corrected chi connectivity index (χ4v) is 5.07. The van der Waals surface area contributed by atoms with Crippen molar-refractivity contribution in [2.45, 2.75) is 17.7 Å². The molecule has 1 aromatic carbocycles. The second-order valence-corrected chi connectivity index (χ2v) is 7.73. The molecule has 2 bridgehead atoms. The Balaban J connectivity index is 1.87. The Morgan fingerprint density at radius 1 is 1.19 bits per heavy atom. The van der Waals surface area contributed by atoms with Crippen LogP contribution in [-0.2, 0) is 9.84 Å². The average Bonchev–Trinajstić information content (AvgIpc) is 3.01. The molecular formula is C14H17NO5S. The van der Waals surface area contributed by atoms with Crippen LogP contribution < -0.4 is 9.47 Å². The van der Waals surface area contributed by atoms with Crippen LogP contribution in [0.2, 0.25) is 0 Å². The van der Waals surface area contributed by atoms with Crippen molar-refractivity contribution in [3.05, 3.63) is 23.8 Å². The van der Waals surface area contributed by atoms with Crippen molar-refractivity contribution >= 4 is 15.7 Å². The number of hydrogen-bond acceptors (Lipinski definition) is 5. The van der Waals surface area contributed by atoms with Crippen LogP contribution in [-0.4, -0.2) is 57.0 Å². The van der Waals surface area contributed by atoms with E-state index >= 15 is 0 Å². The van der Waals surface area contributed by atoms with E-state index in [1.807, 2.05) is 0 Å². The standard InChI is InChI=1S/C14H17NO5S/c1-19-11-3-9(4-12(6-11)20-2)14(16)15-7-13-5-10(15)8-21(13,17)18/h3-4,6,10,13H,5,7-8H2,1-2H3. The van der Waals surface area contributed by atoms with Gasteiger partial charge in [-0.15, -0.1) is 0 Å². The maximum Gasteiger partial charge on any atom is 0.254 e. The summed E-state index contributed by atoms with van der Waals surface area (Å²) in [5.41, 5.74) is 0.455. The van der Waals surface area contributed by atoms with E-state index in [4.69, 9.17) is 9.47 Å². The van der Waals surface area contributed by atoms with E-state index in [9.17, 15) is 13.2 Å². The van der Waals surface area contributed by atoms with Crippen LogP contribution in [0.3, 0.4) is 0 Å². The Hall–Kier alpha value is -1.76. The molecule has 2 aliphatic rings. The van der Waals surface area contributed by atoms with Crippen LogP contribution in [0, 0.1) is 0 Å². The summed E-state index contributed by atoms with van der Waals surface area (Å²) < 4.78 is 33.8. The first kappa shape index (κ1) is 14.2. The van der Waals surface area contributed by atoms with Gasteiger partial charge in [-0.05, 0) is 18.6 Å². The number of benzene rings is 1. The van der Waals surface area contributed by atoms with Crippen molar-refractivity contribution in [2.75, 3.05) is 26.5 Å². The Bertz CT molecular complexity index is 662. The molecule has 7 heteroatoms. The zero-order valence-corrected chi connectivity index (χ0v) is 12.7. The van der Waals surface area contributed by atoms with Gasteiger partial charge in [0.1, 0.15) is 11.5 Å². The zero-order chi connectivity index (χ0) is 15.2. The number of fused-ring (bicyclic) bond motifs is 2. The van der Waals surface area contributed by atoms with Gasteiger partial charge in [-0.25, -0.2) is 8.42 Å². The number of methoxy groups -OCH3 is 2. The van der Waals surface area contributed by atoms with Crippen molar-refractivity contribution in [1.29, 1.82) is 0 Å². The Morgan fingerprint density at radius 3 is 2.24 bits per heavy atom. The topological polar surface area (TPSA) is 72.9 Å². The van der Waals surface area contributed by atoms with E-state index in [0.717, 1.165) is 0 Å². The molecular weight excluding hydrogens is 294 g/mol. The minimum Gasteiger partial charge on any atom is -0.497 e. The predicted octanol–water partition coefficient (Wildman–Crippen LogP) is 0.715. The number of hydrogen-bond donors (Lipinski definition) is 0. The molecule has 114 valence electrons. The first-order valence-corrected chi connectivity index (χ1v) is 8.42. The van der Waals surface area contributed by atoms with E-state index in [1.54, 1.807) is 23.1 Å². The van der Waals surface area contributed by atoms with Gasteiger partial charge in [-0.2, -0.15) is 0 Å². The Kier molecular flexibility index (Phi) is 3.32. The molecule has 2 unspecified atom stereocenters. The lowest BCUT2D eigenvalue weighted by atomic mass is 10.1. The minimum atomic E-state index is -3.00. The summed E-state index contributed by atoms with van der Waals surface area (Å²) in [5, 5.41) is -0.404. The number of amides is 1. The number of carbonyl (C=O) groups is 1. The number of carbonyl (C=O) groups excluding carboxylic acids is 1. The fraction of sp³-hybridized carbons (Fsp3) is 0.500. The van der Waals surface area contributed by atoms with Gasteiger partial charge in [0.15, 0.2) is 9.84 Å². The van der Waals surface area contributed by atoms with Crippen LogP contribution in [0.5, 0.6) is 11.5 Å². The first-order valence-electron chi connectivity index (χ1n) is 6.70. The van der Waals surface area contributed by atoms with Crippen LogP contribution >= 0.6 is 0 Å². The number of rotatable bonds is 3. The van der Waals surface area contributed by atoms with Gasteiger partial charge in [0.2, 0.25) is 0 Å². The molecule has 2 heterocycles. The summed E-state index contributed by atoms with van der Waals surface area (Å²) in [6.07, 6.45) is 0.551. The second kappa shape index (κ2) is 4.91. The molecule has 0 spiro atoms. The van der Waals surface area contributed by atoms with Gasteiger partial charge < -0.3 is 14.4 Å². The van der Waals surface area contributed by atoms with Crippen molar-refractivity contribution in [3.63, 3.8) is 0 Å². The summed E-state index contributed by atoms with van der Waals surface area (Å²) in [6.45, 7) is 0.283. The average molecular weight is 311 g/mol. The zero-order valence-electron chi connectivity index (χ0n) is 11.9. The minimum absolute atomic E-state index is 0.0739. The first-order chi connectivity index (χ1) is 9.94. The molecule has 3 rings (SSSR count). The molecule has 0 radical (unpaired) electrons. The van der Waals surface area contributed by atoms with Gasteiger partial charge in [-0.3, -0.25) is 4.79 Å². The number of likely N-dealkylation sites (tertiary alicyclic amines) is 1. The molecule has 0 aromatic heterocycles. The molecule has 2 aliphatic heterocycles. The van der Waals surface area contributed by atoms with Crippen LogP contribution in [0.4, 0.5) is 0 Å². The van der Waals surface area contributed by atoms with Crippen molar-refractivity contribution in [3.8, 4) is 11.5 Å². The van der Waals surface area contributed by atoms with E-state index in [-0.39, 0.29) is 24.2 Å². The highest BCUT2D eigenvalue weighted by Crippen LogP contribution is 2.34. The van der Waals surface area contributed by atoms with Crippen molar-refractivity contribution in [1.82, 2.24) is 4.90 Å². The fourth-order valence-electron chi connectivity index (χ4n) is 3.04. The monoisotopic (exact) mass is 311 g/mol. The summed E-state index contributed by atoms with van der Waals surface area (Å²) >= 11 is 0. The Morgan fingerprint density at radius 2 is 1.81 bits per heavy atom. The largest absolute Gasteiger partial charge is 0.497 e. The maximum atomic E-state index is 12.6. The van der Waals surface area contributed by atoms with E-state index < -0.39 is 15.1 Å². The van der Waals surface area contributed by atoms with E-state index in [0.29, 0.717) is 23.5 Å². The lowest BCUT2D eigenvalue weighted by Crippen LogP contribution is -2.44. The SMILES string of the molecule is COc1cc(OC)cc(C(=O)N2CC3CC2CS3(=O)=O)c1. The molecule has 1 aromatic rings. The van der Waals surface area contributed by atoms with E-state index in [2.05, 4.69) is 0 Å². The summed E-state index contributed by atoms with van der Waals surface area (Å²) in [4.78, 5) is 14.3. The number of nitrogens with zero attached hydrogens (tertiary/aromatic N) is 1. The Labute approximate surface area is 123 Å². The van der Waals surface area contributed by atoms with Gasteiger partial charge >= 0.3 is 0 Å². The third kappa shape index (κ3) is 2.35. The molecule has 0 N–H and O–H groups in total. The van der Waals surface area contributed by atoms with Gasteiger partial charge in [0, 0.05) is 24.2 Å². The number of ether oxygens (including phenoxy) is 2. The lowest BCUT2D eigenvalue weighted by Gasteiger charge is -2.27. The van der Waals surface area contributed by atoms with Gasteiger partial charge in [0.05, 0.1) is 25.2 Å². The van der Waals surface area contributed by atoms with Gasteiger partial charge in [0.25, 0.3) is 5.91 Å². The summed E-state index contributed by atoms with van der Waals surface area (Å²) in [7, 11) is 0.0376. The highest BCUT2D eigenvalue weighted by atomic mass is 32.2. The molecule has 21 heavy (non-hydrogen) atoms.